The number of Topliss-reactive ketones (excluding diaryl/α,β-unsaturated/α-hetero) is 1. The van der Waals surface area contributed by atoms with Gasteiger partial charge in [0.25, 0.3) is 5.91 Å². The Morgan fingerprint density at radius 2 is 1.67 bits per heavy atom. The number of hydrogen-bond donors (Lipinski definition) is 1. The second-order valence-electron chi connectivity index (χ2n) is 11.2. The van der Waals surface area contributed by atoms with Gasteiger partial charge in [-0.05, 0) is 67.3 Å². The lowest BCUT2D eigenvalue weighted by atomic mass is 10.0. The minimum Gasteiger partial charge on any atom is -0.399 e. The summed E-state index contributed by atoms with van der Waals surface area (Å²) in [7, 11) is 0. The molecule has 204 valence electrons. The van der Waals surface area contributed by atoms with Crippen molar-refractivity contribution in [1.29, 1.82) is 0 Å². The van der Waals surface area contributed by atoms with Crippen molar-refractivity contribution >= 4 is 40.7 Å². The van der Waals surface area contributed by atoms with E-state index < -0.39 is 6.04 Å². The molecule has 3 aliphatic heterocycles. The van der Waals surface area contributed by atoms with Crippen molar-refractivity contribution < 1.29 is 14.4 Å². The van der Waals surface area contributed by atoms with Crippen molar-refractivity contribution in [3.63, 3.8) is 0 Å². The molecule has 6 rings (SSSR count). The number of piperazine rings is 1. The van der Waals surface area contributed by atoms with E-state index in [1.54, 1.807) is 4.90 Å². The summed E-state index contributed by atoms with van der Waals surface area (Å²) >= 11 is 0. The summed E-state index contributed by atoms with van der Waals surface area (Å²) in [5.41, 5.74) is 12.7. The van der Waals surface area contributed by atoms with Gasteiger partial charge in [-0.2, -0.15) is 0 Å². The van der Waals surface area contributed by atoms with Gasteiger partial charge in [-0.15, -0.1) is 0 Å². The van der Waals surface area contributed by atoms with Crippen LogP contribution in [0, 0.1) is 0 Å². The van der Waals surface area contributed by atoms with E-state index in [-0.39, 0.29) is 11.7 Å². The molecule has 1 amide bonds. The first-order valence-electron chi connectivity index (χ1n) is 14.2. The van der Waals surface area contributed by atoms with Gasteiger partial charge in [-0.1, -0.05) is 6.92 Å². The van der Waals surface area contributed by atoms with E-state index in [4.69, 9.17) is 5.73 Å². The molecule has 0 radical (unpaired) electrons. The molecular weight excluding hydrogens is 490 g/mol. The number of carbonyl (C=O) groups is 3. The van der Waals surface area contributed by atoms with Gasteiger partial charge in [0.05, 0.1) is 11.7 Å². The highest BCUT2D eigenvalue weighted by molar-refractivity contribution is 6.11. The third-order valence-electron chi connectivity index (χ3n) is 8.70. The van der Waals surface area contributed by atoms with E-state index in [2.05, 4.69) is 32.9 Å². The van der Waals surface area contributed by atoms with Crippen molar-refractivity contribution in [1.82, 2.24) is 9.80 Å². The zero-order valence-corrected chi connectivity index (χ0v) is 22.6. The molecule has 4 aliphatic rings. The Hall–Kier alpha value is -3.65. The lowest BCUT2D eigenvalue weighted by molar-refractivity contribution is -0.119. The number of allylic oxidation sites excluding steroid dienone is 1. The predicted molar refractivity (Wildman–Crippen MR) is 154 cm³/mol. The fraction of sp³-hybridized carbons (Fsp3) is 0.452. The van der Waals surface area contributed by atoms with Gasteiger partial charge in [-0.3, -0.25) is 19.4 Å². The fourth-order valence-corrected chi connectivity index (χ4v) is 6.12. The topological polar surface area (TPSA) is 90.2 Å². The van der Waals surface area contributed by atoms with Crippen molar-refractivity contribution in [3.8, 4) is 0 Å². The van der Waals surface area contributed by atoms with Crippen LogP contribution >= 0.6 is 0 Å². The summed E-state index contributed by atoms with van der Waals surface area (Å²) in [6.45, 7) is 7.88. The number of rotatable bonds is 9. The number of hydrogen-bond acceptors (Lipinski definition) is 7. The molecular formula is C31H37N5O3. The van der Waals surface area contributed by atoms with Gasteiger partial charge >= 0.3 is 0 Å². The second-order valence-corrected chi connectivity index (χ2v) is 11.2. The molecule has 0 bridgehead atoms. The summed E-state index contributed by atoms with van der Waals surface area (Å²) < 4.78 is 0. The van der Waals surface area contributed by atoms with E-state index in [0.717, 1.165) is 81.0 Å². The molecule has 1 unspecified atom stereocenters. The number of nitrogen functional groups attached to an aromatic ring is 1. The van der Waals surface area contributed by atoms with Crippen LogP contribution in [0.5, 0.6) is 0 Å². The number of amides is 1. The first kappa shape index (κ1) is 25.6. The Morgan fingerprint density at radius 1 is 0.974 bits per heavy atom. The number of carbonyl (C=O) groups excluding carboxylic acids is 3. The number of anilines is 3. The maximum atomic E-state index is 13.4. The van der Waals surface area contributed by atoms with Crippen LogP contribution < -0.4 is 15.5 Å². The number of nitrogens with zero attached hydrogens (tertiary/aromatic N) is 4. The summed E-state index contributed by atoms with van der Waals surface area (Å²) in [6.07, 6.45) is 3.89. The van der Waals surface area contributed by atoms with Gasteiger partial charge in [0.1, 0.15) is 12.1 Å². The molecule has 0 spiro atoms. The first-order chi connectivity index (χ1) is 19.0. The van der Waals surface area contributed by atoms with Crippen LogP contribution in [-0.4, -0.2) is 79.1 Å². The Bertz CT molecular complexity index is 1300. The highest BCUT2D eigenvalue weighted by Crippen LogP contribution is 2.46. The van der Waals surface area contributed by atoms with Crippen LogP contribution in [-0.2, 0) is 9.59 Å². The number of fused-ring (bicyclic) bond motifs is 1. The van der Waals surface area contributed by atoms with Gasteiger partial charge < -0.3 is 20.3 Å². The minimum atomic E-state index is -0.604. The highest BCUT2D eigenvalue weighted by Gasteiger charge is 2.41. The smallest absolute Gasteiger partial charge is 0.259 e. The summed E-state index contributed by atoms with van der Waals surface area (Å²) in [6, 6.07) is 14.2. The zero-order chi connectivity index (χ0) is 27.1. The molecule has 1 aliphatic carbocycles. The standard InChI is InChI=1S/C31H37N5O3/c1-2-27(38)11-9-25(20-37)36-30(21-3-4-21)29-17-24(10-12-28(29)31(36)39)35-18-26(19-35)34-15-13-33(14-16-34)23-7-5-22(32)6-8-23/h5-8,10,12,17,20,25-26H,2-4,9,11,13-16,18-19,32H2,1H3. The number of benzene rings is 2. The second kappa shape index (κ2) is 10.5. The predicted octanol–water partition coefficient (Wildman–Crippen LogP) is 3.57. The largest absolute Gasteiger partial charge is 0.399 e. The van der Waals surface area contributed by atoms with Crippen molar-refractivity contribution in [2.75, 3.05) is 54.8 Å². The third-order valence-corrected chi connectivity index (χ3v) is 8.70. The van der Waals surface area contributed by atoms with Crippen LogP contribution in [0.2, 0.25) is 0 Å². The van der Waals surface area contributed by atoms with Crippen LogP contribution in [0.4, 0.5) is 17.1 Å². The van der Waals surface area contributed by atoms with Crippen LogP contribution in [0.1, 0.15) is 54.9 Å². The normalized spacial score (nSPS) is 20.2. The molecule has 1 atom stereocenters. The van der Waals surface area contributed by atoms with Gasteiger partial charge in [0.2, 0.25) is 0 Å². The third kappa shape index (κ3) is 4.93. The average Bonchev–Trinajstić information content (AvgIpc) is 3.73. The van der Waals surface area contributed by atoms with E-state index in [1.807, 2.05) is 31.2 Å². The molecule has 3 heterocycles. The monoisotopic (exact) mass is 527 g/mol. The molecule has 8 nitrogen and oxygen atoms in total. The maximum Gasteiger partial charge on any atom is 0.259 e. The minimum absolute atomic E-state index is 0.118. The molecule has 8 heteroatoms. The van der Waals surface area contributed by atoms with E-state index in [9.17, 15) is 14.4 Å². The Balaban J connectivity index is 1.11. The molecule has 0 aromatic heterocycles. The number of ketones is 1. The van der Waals surface area contributed by atoms with Crippen molar-refractivity contribution in [2.45, 2.75) is 51.1 Å². The van der Waals surface area contributed by atoms with Crippen molar-refractivity contribution in [3.05, 3.63) is 59.2 Å². The van der Waals surface area contributed by atoms with E-state index >= 15 is 0 Å². The lowest BCUT2D eigenvalue weighted by Crippen LogP contribution is -2.63. The maximum absolute atomic E-state index is 13.4. The molecule has 39 heavy (non-hydrogen) atoms. The van der Waals surface area contributed by atoms with Crippen molar-refractivity contribution in [2.24, 2.45) is 0 Å². The molecule has 2 aromatic rings. The quantitative estimate of drug-likeness (QED) is 0.394. The Labute approximate surface area is 230 Å². The zero-order valence-electron chi connectivity index (χ0n) is 22.6. The number of nitrogens with two attached hydrogens (primary N) is 1. The first-order valence-corrected chi connectivity index (χ1v) is 14.2. The Morgan fingerprint density at radius 3 is 2.31 bits per heavy atom. The van der Waals surface area contributed by atoms with Gasteiger partial charge in [0, 0.05) is 86.3 Å². The molecule has 2 N–H and O–H groups in total. The highest BCUT2D eigenvalue weighted by atomic mass is 16.2. The molecule has 2 saturated heterocycles. The van der Waals surface area contributed by atoms with Gasteiger partial charge in [0.15, 0.2) is 0 Å². The Kier molecular flexibility index (Phi) is 6.89. The average molecular weight is 528 g/mol. The fourth-order valence-electron chi connectivity index (χ4n) is 6.12. The molecule has 2 aromatic carbocycles. The van der Waals surface area contributed by atoms with Crippen LogP contribution in [0.15, 0.2) is 48.0 Å². The van der Waals surface area contributed by atoms with E-state index in [1.165, 1.54) is 11.3 Å². The summed E-state index contributed by atoms with van der Waals surface area (Å²) in [4.78, 5) is 46.5. The van der Waals surface area contributed by atoms with Crippen LogP contribution in [0.25, 0.3) is 5.70 Å². The number of aldehydes is 1. The SMILES string of the molecule is CCC(=O)CCC(C=O)N1C(=O)c2ccc(N3CC(N4CCN(c5ccc(N)cc5)CC4)C3)cc2C1=C1CC1. The molecule has 1 saturated carbocycles. The lowest BCUT2D eigenvalue weighted by Gasteiger charge is -2.49. The molecule has 3 fully saturated rings. The van der Waals surface area contributed by atoms with Crippen LogP contribution in [0.3, 0.4) is 0 Å². The summed E-state index contributed by atoms with van der Waals surface area (Å²) in [5.74, 6) is 0.000353. The summed E-state index contributed by atoms with van der Waals surface area (Å²) in [5, 5.41) is 0. The van der Waals surface area contributed by atoms with Gasteiger partial charge in [-0.25, -0.2) is 0 Å². The van der Waals surface area contributed by atoms with E-state index in [0.29, 0.717) is 30.9 Å².